The van der Waals surface area contributed by atoms with Crippen molar-refractivity contribution in [2.45, 2.75) is 40.5 Å². The van der Waals surface area contributed by atoms with Gasteiger partial charge in [0.15, 0.2) is 0 Å². The van der Waals surface area contributed by atoms with Gasteiger partial charge in [-0.15, -0.1) is 0 Å². The monoisotopic (exact) mass is 262 g/mol. The Hall–Kier alpha value is -1.57. The first-order valence-corrected chi connectivity index (χ1v) is 7.05. The lowest BCUT2D eigenvalue weighted by molar-refractivity contribution is -0.138. The van der Waals surface area contributed by atoms with Crippen LogP contribution in [0.3, 0.4) is 0 Å². The fourth-order valence-corrected chi connectivity index (χ4v) is 1.20. The number of hydrogen-bond donors (Lipinski definition) is 1. The number of hydrogen-bond acceptors (Lipinski definition) is 1. The SMILES string of the molecule is CC.CC(C)/C=C\c1ccccc1.O=C(O)C1CC1. The van der Waals surface area contributed by atoms with Crippen molar-refractivity contribution in [2.75, 3.05) is 0 Å². The molecule has 0 radical (unpaired) electrons. The Morgan fingerprint density at radius 3 is 2.05 bits per heavy atom. The first kappa shape index (κ1) is 17.4. The molecule has 1 aromatic carbocycles. The minimum atomic E-state index is -0.630. The van der Waals surface area contributed by atoms with E-state index >= 15 is 0 Å². The van der Waals surface area contributed by atoms with Gasteiger partial charge in [0.2, 0.25) is 0 Å². The fraction of sp³-hybridized carbons (Fsp3) is 0.471. The largest absolute Gasteiger partial charge is 0.481 e. The van der Waals surface area contributed by atoms with Crippen molar-refractivity contribution in [3.8, 4) is 0 Å². The zero-order chi connectivity index (χ0) is 14.7. The third-order valence-corrected chi connectivity index (χ3v) is 2.40. The van der Waals surface area contributed by atoms with Gasteiger partial charge in [-0.25, -0.2) is 0 Å². The molecule has 2 rings (SSSR count). The van der Waals surface area contributed by atoms with Crippen molar-refractivity contribution in [1.82, 2.24) is 0 Å². The van der Waals surface area contributed by atoms with Crippen LogP contribution in [-0.2, 0) is 4.79 Å². The second kappa shape index (κ2) is 10.4. The Morgan fingerprint density at radius 2 is 1.74 bits per heavy atom. The van der Waals surface area contributed by atoms with Crippen molar-refractivity contribution in [1.29, 1.82) is 0 Å². The van der Waals surface area contributed by atoms with E-state index in [0.717, 1.165) is 12.8 Å². The Bertz CT molecular complexity index is 362. The summed E-state index contributed by atoms with van der Waals surface area (Å²) in [7, 11) is 0. The maximum Gasteiger partial charge on any atom is 0.306 e. The Morgan fingerprint density at radius 1 is 1.21 bits per heavy atom. The summed E-state index contributed by atoms with van der Waals surface area (Å²) >= 11 is 0. The molecule has 0 spiro atoms. The standard InChI is InChI=1S/C11H14.C4H6O2.C2H6/c1-10(2)8-9-11-6-4-3-5-7-11;5-4(6)3-1-2-3;1-2/h3-10H,1-2H3;3H,1-2H2,(H,5,6);1-2H3/b9-8-;;. The molecule has 106 valence electrons. The maximum absolute atomic E-state index is 9.76. The van der Waals surface area contributed by atoms with Gasteiger partial charge in [-0.2, -0.15) is 0 Å². The highest BCUT2D eigenvalue weighted by molar-refractivity contribution is 5.72. The van der Waals surface area contributed by atoms with E-state index in [4.69, 9.17) is 5.11 Å². The minimum Gasteiger partial charge on any atom is -0.481 e. The molecule has 0 saturated heterocycles. The summed E-state index contributed by atoms with van der Waals surface area (Å²) < 4.78 is 0. The van der Waals surface area contributed by atoms with Gasteiger partial charge in [-0.1, -0.05) is 70.2 Å². The van der Waals surface area contributed by atoms with Crippen molar-refractivity contribution in [3.05, 3.63) is 42.0 Å². The summed E-state index contributed by atoms with van der Waals surface area (Å²) in [5, 5.41) is 8.05. The van der Waals surface area contributed by atoms with Gasteiger partial charge < -0.3 is 5.11 Å². The second-order valence-corrected chi connectivity index (χ2v) is 4.63. The van der Waals surface area contributed by atoms with Crippen LogP contribution in [-0.4, -0.2) is 11.1 Å². The van der Waals surface area contributed by atoms with Gasteiger partial charge in [0.25, 0.3) is 0 Å². The number of carboxylic acids is 1. The van der Waals surface area contributed by atoms with E-state index in [1.807, 2.05) is 19.9 Å². The molecule has 1 aliphatic carbocycles. The number of allylic oxidation sites excluding steroid dienone is 1. The molecule has 1 aromatic rings. The Labute approximate surface area is 117 Å². The van der Waals surface area contributed by atoms with Crippen LogP contribution in [0.4, 0.5) is 0 Å². The number of carboxylic acid groups (broad SMARTS) is 1. The quantitative estimate of drug-likeness (QED) is 0.844. The summed E-state index contributed by atoms with van der Waals surface area (Å²) in [6, 6.07) is 10.4. The van der Waals surface area contributed by atoms with E-state index in [-0.39, 0.29) is 5.92 Å². The minimum absolute atomic E-state index is 0.0185. The average Bonchev–Trinajstić information content (AvgIpc) is 3.25. The van der Waals surface area contributed by atoms with E-state index < -0.39 is 5.97 Å². The highest BCUT2D eigenvalue weighted by Gasteiger charge is 2.28. The molecule has 0 unspecified atom stereocenters. The van der Waals surface area contributed by atoms with E-state index in [2.05, 4.69) is 50.3 Å². The van der Waals surface area contributed by atoms with Crippen molar-refractivity contribution in [3.63, 3.8) is 0 Å². The van der Waals surface area contributed by atoms with Gasteiger partial charge in [0, 0.05) is 0 Å². The van der Waals surface area contributed by atoms with Gasteiger partial charge in [-0.3, -0.25) is 4.79 Å². The molecule has 1 N–H and O–H groups in total. The molecule has 2 nitrogen and oxygen atoms in total. The molecule has 1 fully saturated rings. The highest BCUT2D eigenvalue weighted by Crippen LogP contribution is 2.28. The predicted octanol–water partition coefficient (Wildman–Crippen LogP) is 4.86. The van der Waals surface area contributed by atoms with Crippen LogP contribution in [0.2, 0.25) is 0 Å². The topological polar surface area (TPSA) is 37.3 Å². The van der Waals surface area contributed by atoms with Crippen LogP contribution >= 0.6 is 0 Å². The molecule has 0 heterocycles. The summed E-state index contributed by atoms with van der Waals surface area (Å²) in [6.07, 6.45) is 6.16. The van der Waals surface area contributed by atoms with Gasteiger partial charge in [0.05, 0.1) is 5.92 Å². The van der Waals surface area contributed by atoms with Gasteiger partial charge >= 0.3 is 5.97 Å². The van der Waals surface area contributed by atoms with Gasteiger partial charge in [-0.05, 0) is 24.3 Å². The summed E-state index contributed by atoms with van der Waals surface area (Å²) in [5.41, 5.74) is 1.28. The van der Waals surface area contributed by atoms with Crippen LogP contribution in [0.25, 0.3) is 6.08 Å². The number of rotatable bonds is 3. The smallest absolute Gasteiger partial charge is 0.306 e. The second-order valence-electron chi connectivity index (χ2n) is 4.63. The first-order valence-electron chi connectivity index (χ1n) is 7.05. The predicted molar refractivity (Wildman–Crippen MR) is 82.0 cm³/mol. The van der Waals surface area contributed by atoms with Crippen LogP contribution in [0.15, 0.2) is 36.4 Å². The third kappa shape index (κ3) is 10.1. The van der Waals surface area contributed by atoms with E-state index in [1.165, 1.54) is 5.56 Å². The molecule has 2 heteroatoms. The van der Waals surface area contributed by atoms with E-state index in [0.29, 0.717) is 5.92 Å². The summed E-state index contributed by atoms with van der Waals surface area (Å²) in [5.74, 6) is 0.0233. The zero-order valence-electron chi connectivity index (χ0n) is 12.5. The van der Waals surface area contributed by atoms with Crippen LogP contribution in [0.5, 0.6) is 0 Å². The Balaban J connectivity index is 0.000000341. The van der Waals surface area contributed by atoms with Gasteiger partial charge in [0.1, 0.15) is 0 Å². The number of aliphatic carboxylic acids is 1. The molecule has 1 saturated carbocycles. The molecular weight excluding hydrogens is 236 g/mol. The molecule has 0 aromatic heterocycles. The average molecular weight is 262 g/mol. The lowest BCUT2D eigenvalue weighted by Crippen LogP contribution is -1.94. The lowest BCUT2D eigenvalue weighted by Gasteiger charge is -1.93. The van der Waals surface area contributed by atoms with Crippen LogP contribution in [0, 0.1) is 11.8 Å². The molecule has 0 aliphatic heterocycles. The first-order chi connectivity index (χ1) is 9.09. The third-order valence-electron chi connectivity index (χ3n) is 2.40. The molecule has 0 amide bonds. The normalized spacial score (nSPS) is 13.3. The van der Waals surface area contributed by atoms with Crippen LogP contribution in [0.1, 0.15) is 46.1 Å². The molecule has 0 bridgehead atoms. The molecular formula is C17H26O2. The zero-order valence-corrected chi connectivity index (χ0v) is 12.5. The van der Waals surface area contributed by atoms with E-state index in [1.54, 1.807) is 0 Å². The number of benzene rings is 1. The molecule has 19 heavy (non-hydrogen) atoms. The summed E-state index contributed by atoms with van der Waals surface area (Å²) in [6.45, 7) is 8.36. The Kier molecular flexibility index (Phi) is 9.51. The highest BCUT2D eigenvalue weighted by atomic mass is 16.4. The van der Waals surface area contributed by atoms with Crippen molar-refractivity contribution < 1.29 is 9.90 Å². The van der Waals surface area contributed by atoms with Crippen LogP contribution < -0.4 is 0 Å². The fourth-order valence-electron chi connectivity index (χ4n) is 1.20. The molecule has 0 atom stereocenters. The number of carbonyl (C=O) groups is 1. The maximum atomic E-state index is 9.76. The van der Waals surface area contributed by atoms with Crippen molar-refractivity contribution in [2.24, 2.45) is 11.8 Å². The van der Waals surface area contributed by atoms with Crippen molar-refractivity contribution >= 4 is 12.0 Å². The lowest BCUT2D eigenvalue weighted by atomic mass is 10.1. The van der Waals surface area contributed by atoms with E-state index in [9.17, 15) is 4.79 Å². The summed E-state index contributed by atoms with van der Waals surface area (Å²) in [4.78, 5) is 9.76. The molecule has 1 aliphatic rings.